The van der Waals surface area contributed by atoms with Crippen molar-refractivity contribution in [2.75, 3.05) is 11.4 Å². The molecule has 0 saturated carbocycles. The Labute approximate surface area is 135 Å². The third-order valence-electron chi connectivity index (χ3n) is 3.69. The lowest BCUT2D eigenvalue weighted by Gasteiger charge is -2.27. The van der Waals surface area contributed by atoms with Crippen molar-refractivity contribution in [2.45, 2.75) is 32.9 Å². The van der Waals surface area contributed by atoms with Gasteiger partial charge in [-0.15, -0.1) is 0 Å². The Kier molecular flexibility index (Phi) is 4.14. The zero-order chi connectivity index (χ0) is 16.4. The largest absolute Gasteiger partial charge is 0.352 e. The normalized spacial score (nSPS) is 14.0. The summed E-state index contributed by atoms with van der Waals surface area (Å²) in [6.45, 7) is 4.36. The molecule has 0 unspecified atom stereocenters. The Bertz CT molecular complexity index is 721. The van der Waals surface area contributed by atoms with Crippen molar-refractivity contribution in [3.8, 4) is 11.3 Å². The lowest BCUT2D eigenvalue weighted by Crippen LogP contribution is -2.45. The van der Waals surface area contributed by atoms with Gasteiger partial charge in [0.2, 0.25) is 11.8 Å². The quantitative estimate of drug-likeness (QED) is 0.936. The van der Waals surface area contributed by atoms with Gasteiger partial charge in [0.1, 0.15) is 12.4 Å². The van der Waals surface area contributed by atoms with Crippen LogP contribution in [0.5, 0.6) is 0 Å². The molecule has 120 valence electrons. The van der Waals surface area contributed by atoms with Crippen molar-refractivity contribution in [3.63, 3.8) is 0 Å². The molecule has 2 aromatic rings. The van der Waals surface area contributed by atoms with Crippen LogP contribution >= 0.6 is 0 Å². The average molecular weight is 312 g/mol. The minimum Gasteiger partial charge on any atom is -0.352 e. The number of anilines is 1. The highest BCUT2D eigenvalue weighted by Gasteiger charge is 2.28. The zero-order valence-corrected chi connectivity index (χ0v) is 13.3. The van der Waals surface area contributed by atoms with Gasteiger partial charge in [0.15, 0.2) is 0 Å². The maximum absolute atomic E-state index is 12.2. The van der Waals surface area contributed by atoms with Crippen LogP contribution in [0.1, 0.15) is 20.3 Å². The minimum absolute atomic E-state index is 0.0247. The fourth-order valence-electron chi connectivity index (χ4n) is 2.68. The van der Waals surface area contributed by atoms with Crippen molar-refractivity contribution >= 4 is 17.6 Å². The van der Waals surface area contributed by atoms with Crippen LogP contribution in [-0.2, 0) is 16.1 Å². The van der Waals surface area contributed by atoms with E-state index in [4.69, 9.17) is 0 Å². The Morgan fingerprint density at radius 1 is 1.30 bits per heavy atom. The van der Waals surface area contributed by atoms with E-state index >= 15 is 0 Å². The van der Waals surface area contributed by atoms with E-state index in [9.17, 15) is 9.59 Å². The summed E-state index contributed by atoms with van der Waals surface area (Å²) in [5.41, 5.74) is 1.80. The molecule has 0 atom stereocenters. The number of hydrogen-bond donors (Lipinski definition) is 1. The van der Waals surface area contributed by atoms with Crippen LogP contribution in [0, 0.1) is 0 Å². The van der Waals surface area contributed by atoms with Gasteiger partial charge in [-0.1, -0.05) is 30.3 Å². The van der Waals surface area contributed by atoms with Crippen molar-refractivity contribution < 1.29 is 9.59 Å². The molecule has 0 spiro atoms. The number of aryl methyl sites for hydroxylation is 1. The van der Waals surface area contributed by atoms with Gasteiger partial charge in [-0.25, -0.2) is 4.68 Å². The first-order valence-corrected chi connectivity index (χ1v) is 7.77. The third kappa shape index (κ3) is 3.26. The van der Waals surface area contributed by atoms with E-state index < -0.39 is 0 Å². The van der Waals surface area contributed by atoms with E-state index in [1.807, 2.05) is 50.2 Å². The Balaban J connectivity index is 1.88. The number of carbonyl (C=O) groups is 2. The molecule has 0 bridgehead atoms. The lowest BCUT2D eigenvalue weighted by atomic mass is 10.1. The van der Waals surface area contributed by atoms with E-state index in [1.54, 1.807) is 4.68 Å². The van der Waals surface area contributed by atoms with Crippen LogP contribution in [0.3, 0.4) is 0 Å². The number of rotatable bonds is 4. The molecule has 0 radical (unpaired) electrons. The summed E-state index contributed by atoms with van der Waals surface area (Å²) in [4.78, 5) is 25.8. The molecular weight excluding hydrogens is 292 g/mol. The van der Waals surface area contributed by atoms with Crippen molar-refractivity contribution in [1.29, 1.82) is 0 Å². The fraction of sp³-hybridized carbons (Fsp3) is 0.353. The summed E-state index contributed by atoms with van der Waals surface area (Å²) >= 11 is 0. The number of carbonyl (C=O) groups excluding carboxylic acids is 2. The first-order valence-electron chi connectivity index (χ1n) is 7.77. The number of amides is 2. The highest BCUT2D eigenvalue weighted by molar-refractivity contribution is 5.99. The van der Waals surface area contributed by atoms with Gasteiger partial charge in [0.25, 0.3) is 0 Å². The molecule has 3 rings (SSSR count). The summed E-state index contributed by atoms with van der Waals surface area (Å²) in [7, 11) is 0. The summed E-state index contributed by atoms with van der Waals surface area (Å²) in [6, 6.07) is 11.7. The highest BCUT2D eigenvalue weighted by Crippen LogP contribution is 2.27. The molecular formula is C17H20N4O2. The SMILES string of the molecule is CC(C)NC(=O)CN1C(=O)CCn2nc(-c3ccccc3)cc21. The first-order chi connectivity index (χ1) is 11.0. The molecule has 0 saturated heterocycles. The summed E-state index contributed by atoms with van der Waals surface area (Å²) in [5, 5.41) is 7.38. The Morgan fingerprint density at radius 2 is 2.04 bits per heavy atom. The Morgan fingerprint density at radius 3 is 2.74 bits per heavy atom. The number of nitrogens with zero attached hydrogens (tertiary/aromatic N) is 3. The van der Waals surface area contributed by atoms with E-state index in [-0.39, 0.29) is 24.4 Å². The predicted octanol–water partition coefficient (Wildman–Crippen LogP) is 1.81. The standard InChI is InChI=1S/C17H20N4O2/c1-12(2)18-15(22)11-20-16-10-14(13-6-4-3-5-7-13)19-21(16)9-8-17(20)23/h3-7,10,12H,8-9,11H2,1-2H3,(H,18,22). The molecule has 1 aromatic carbocycles. The molecule has 1 aliphatic rings. The maximum atomic E-state index is 12.2. The minimum atomic E-state index is -0.163. The highest BCUT2D eigenvalue weighted by atomic mass is 16.2. The number of hydrogen-bond acceptors (Lipinski definition) is 3. The molecule has 0 fully saturated rings. The molecule has 1 N–H and O–H groups in total. The number of nitrogens with one attached hydrogen (secondary N) is 1. The van der Waals surface area contributed by atoms with Crippen molar-refractivity contribution in [3.05, 3.63) is 36.4 Å². The van der Waals surface area contributed by atoms with Crippen molar-refractivity contribution in [2.24, 2.45) is 0 Å². The second-order valence-electron chi connectivity index (χ2n) is 5.93. The van der Waals surface area contributed by atoms with Crippen LogP contribution < -0.4 is 10.2 Å². The molecule has 23 heavy (non-hydrogen) atoms. The number of fused-ring (bicyclic) bond motifs is 1. The smallest absolute Gasteiger partial charge is 0.240 e. The van der Waals surface area contributed by atoms with Gasteiger partial charge in [0.05, 0.1) is 12.2 Å². The van der Waals surface area contributed by atoms with E-state index in [1.165, 1.54) is 4.90 Å². The Hall–Kier alpha value is -2.63. The summed E-state index contributed by atoms with van der Waals surface area (Å²) in [6.07, 6.45) is 0.359. The van der Waals surface area contributed by atoms with Gasteiger partial charge in [-0.3, -0.25) is 14.5 Å². The van der Waals surface area contributed by atoms with Gasteiger partial charge < -0.3 is 5.32 Å². The van der Waals surface area contributed by atoms with Crippen LogP contribution in [0.25, 0.3) is 11.3 Å². The molecule has 1 aromatic heterocycles. The second kappa shape index (κ2) is 6.24. The third-order valence-corrected chi connectivity index (χ3v) is 3.69. The summed E-state index contributed by atoms with van der Waals surface area (Å²) < 4.78 is 1.80. The second-order valence-corrected chi connectivity index (χ2v) is 5.93. The molecule has 2 amide bonds. The van der Waals surface area contributed by atoms with E-state index in [2.05, 4.69) is 10.4 Å². The van der Waals surface area contributed by atoms with Crippen molar-refractivity contribution in [1.82, 2.24) is 15.1 Å². The molecule has 6 heteroatoms. The van der Waals surface area contributed by atoms with Crippen LogP contribution in [0.15, 0.2) is 36.4 Å². The summed E-state index contributed by atoms with van der Waals surface area (Å²) in [5.74, 6) is 0.471. The monoisotopic (exact) mass is 312 g/mol. The lowest BCUT2D eigenvalue weighted by molar-refractivity contribution is -0.124. The topological polar surface area (TPSA) is 67.2 Å². The van der Waals surface area contributed by atoms with Gasteiger partial charge in [-0.05, 0) is 13.8 Å². The maximum Gasteiger partial charge on any atom is 0.240 e. The van der Waals surface area contributed by atoms with Crippen LogP contribution in [-0.4, -0.2) is 34.2 Å². The van der Waals surface area contributed by atoms with Crippen LogP contribution in [0.2, 0.25) is 0 Å². The number of benzene rings is 1. The predicted molar refractivity (Wildman–Crippen MR) is 87.9 cm³/mol. The molecule has 2 heterocycles. The average Bonchev–Trinajstić information content (AvgIpc) is 2.95. The van der Waals surface area contributed by atoms with Gasteiger partial charge >= 0.3 is 0 Å². The van der Waals surface area contributed by atoms with Crippen LogP contribution in [0.4, 0.5) is 5.82 Å². The molecule has 0 aliphatic carbocycles. The fourth-order valence-corrected chi connectivity index (χ4v) is 2.68. The van der Waals surface area contributed by atoms with Gasteiger partial charge in [-0.2, -0.15) is 5.10 Å². The molecule has 6 nitrogen and oxygen atoms in total. The van der Waals surface area contributed by atoms with E-state index in [0.29, 0.717) is 18.8 Å². The van der Waals surface area contributed by atoms with E-state index in [0.717, 1.165) is 11.3 Å². The zero-order valence-electron chi connectivity index (χ0n) is 13.3. The van der Waals surface area contributed by atoms with Gasteiger partial charge in [0, 0.05) is 24.1 Å². The first kappa shape index (κ1) is 15.3. The molecule has 1 aliphatic heterocycles. The number of aromatic nitrogens is 2.